The van der Waals surface area contributed by atoms with Crippen LogP contribution in [0.3, 0.4) is 0 Å². The third kappa shape index (κ3) is 8.62. The van der Waals surface area contributed by atoms with E-state index in [0.29, 0.717) is 105 Å². The maximum atomic E-state index is 12.3. The molecule has 12 aliphatic carbocycles. The summed E-state index contributed by atoms with van der Waals surface area (Å²) in [5, 5.41) is 38.6. The first-order valence-corrected chi connectivity index (χ1v) is 31.2. The molecule has 0 aromatic heterocycles. The van der Waals surface area contributed by atoms with Crippen molar-refractivity contribution < 1.29 is 39.6 Å². The van der Waals surface area contributed by atoms with Crippen molar-refractivity contribution in [3.63, 3.8) is 0 Å². The fourth-order valence-electron chi connectivity index (χ4n) is 20.1. The predicted octanol–water partition coefficient (Wildman–Crippen LogP) is 15.1. The standard InChI is InChI=1S/2C18H22O2.2C18H20O2/c4*1-18-9-8-14-13-5-3-12(19)10-11(13)2-4-15(14)16(18)6-7-17(18)20/h2*3,5,10,14-16,19H,2,4,6-9H2,1H3;2*3-5,10,14,16,19H,2,6-9H2,1H3/t2*14-,15-,16+,18+;2*14-,16+,18+/m1111/s1. The Balaban J connectivity index is 0.000000101. The van der Waals surface area contributed by atoms with Gasteiger partial charge in [-0.3, -0.25) is 19.2 Å². The molecule has 0 bridgehead atoms. The molecule has 0 unspecified atom stereocenters. The Morgan fingerprint density at radius 2 is 0.700 bits per heavy atom. The van der Waals surface area contributed by atoms with Crippen LogP contribution in [-0.2, 0) is 44.9 Å². The number of hydrogen-bond acceptors (Lipinski definition) is 8. The lowest BCUT2D eigenvalue weighted by Gasteiger charge is -2.48. The van der Waals surface area contributed by atoms with Crippen molar-refractivity contribution in [3.8, 4) is 23.0 Å². The summed E-state index contributed by atoms with van der Waals surface area (Å²) in [6, 6.07) is 23.4. The number of rotatable bonds is 0. The summed E-state index contributed by atoms with van der Waals surface area (Å²) >= 11 is 0. The minimum atomic E-state index is -0.100. The minimum Gasteiger partial charge on any atom is -0.508 e. The second-order valence-corrected chi connectivity index (χ2v) is 28.1. The number of aromatic hydroxyl groups is 4. The minimum absolute atomic E-state index is 0.0322. The van der Waals surface area contributed by atoms with E-state index in [1.54, 1.807) is 12.1 Å². The van der Waals surface area contributed by atoms with Gasteiger partial charge in [0.15, 0.2) is 0 Å². The Morgan fingerprint density at radius 1 is 0.362 bits per heavy atom. The van der Waals surface area contributed by atoms with Crippen molar-refractivity contribution in [3.05, 3.63) is 141 Å². The van der Waals surface area contributed by atoms with Gasteiger partial charge < -0.3 is 20.4 Å². The highest BCUT2D eigenvalue weighted by atomic mass is 16.3. The number of phenolic OH excluding ortho intramolecular Hbond substituents is 4. The van der Waals surface area contributed by atoms with Crippen molar-refractivity contribution in [2.45, 2.75) is 193 Å². The molecule has 80 heavy (non-hydrogen) atoms. The first-order chi connectivity index (χ1) is 38.4. The van der Waals surface area contributed by atoms with Crippen molar-refractivity contribution >= 4 is 23.1 Å². The summed E-state index contributed by atoms with van der Waals surface area (Å²) in [5.74, 6) is 9.09. The van der Waals surface area contributed by atoms with Crippen LogP contribution in [0.5, 0.6) is 23.0 Å². The van der Waals surface area contributed by atoms with Crippen molar-refractivity contribution in [2.75, 3.05) is 0 Å². The maximum absolute atomic E-state index is 12.3. The molecule has 0 heterocycles. The van der Waals surface area contributed by atoms with Crippen LogP contribution in [0.1, 0.15) is 211 Å². The maximum Gasteiger partial charge on any atom is 0.139 e. The number of allylic oxidation sites excluding steroid dienone is 4. The van der Waals surface area contributed by atoms with E-state index in [1.165, 1.54) is 68.5 Å². The Kier molecular flexibility index (Phi) is 13.4. The highest BCUT2D eigenvalue weighted by Crippen LogP contribution is 2.63. The van der Waals surface area contributed by atoms with Crippen LogP contribution in [0, 0.1) is 57.2 Å². The Bertz CT molecular complexity index is 3050. The SMILES string of the molecule is C[C@]12CC[C@@H]3c4ccc(O)cc4CC[C@H]3[C@@H]1CCC2=O.C[C@]12CC[C@@H]3c4ccc(O)cc4CC[C@H]3[C@@H]1CCC2=O.C[C@]12CC[C@H]3C(=CCc4cc(O)ccc43)[C@@H]1CCC2=O.C[C@]12CC[C@H]3C(=CCc4cc(O)ccc43)[C@@H]1CCC2=O. The molecule has 0 aliphatic heterocycles. The first kappa shape index (κ1) is 53.5. The monoisotopic (exact) mass is 1080 g/mol. The van der Waals surface area contributed by atoms with Crippen molar-refractivity contribution in [1.82, 2.24) is 0 Å². The summed E-state index contributed by atoms with van der Waals surface area (Å²) < 4.78 is 0. The zero-order valence-electron chi connectivity index (χ0n) is 47.8. The van der Waals surface area contributed by atoms with E-state index in [1.807, 2.05) is 36.4 Å². The number of hydrogen-bond donors (Lipinski definition) is 4. The second-order valence-electron chi connectivity index (χ2n) is 28.1. The zero-order valence-corrected chi connectivity index (χ0v) is 47.8. The third-order valence-corrected chi connectivity index (χ3v) is 24.6. The number of ketones is 4. The van der Waals surface area contributed by atoms with E-state index in [0.717, 1.165) is 128 Å². The fraction of sp³-hybridized carbons (Fsp3) is 0.556. The highest BCUT2D eigenvalue weighted by Gasteiger charge is 2.57. The molecule has 8 saturated carbocycles. The molecule has 0 amide bonds. The molecule has 12 aliphatic rings. The van der Waals surface area contributed by atoms with Crippen LogP contribution in [0.4, 0.5) is 0 Å². The number of phenols is 4. The third-order valence-electron chi connectivity index (χ3n) is 24.6. The van der Waals surface area contributed by atoms with Crippen molar-refractivity contribution in [1.29, 1.82) is 0 Å². The number of Topliss-reactive ketones (excluding diaryl/α,β-unsaturated/α-hetero) is 4. The number of benzene rings is 4. The van der Waals surface area contributed by atoms with E-state index < -0.39 is 0 Å². The molecule has 14 atom stereocenters. The van der Waals surface area contributed by atoms with E-state index in [9.17, 15) is 39.6 Å². The Labute approximate surface area is 474 Å². The lowest BCUT2D eigenvalue weighted by Crippen LogP contribution is -2.42. The van der Waals surface area contributed by atoms with Crippen LogP contribution in [0.15, 0.2) is 96.1 Å². The van der Waals surface area contributed by atoms with Gasteiger partial charge in [0.05, 0.1) is 0 Å². The molecule has 420 valence electrons. The fourth-order valence-corrected chi connectivity index (χ4v) is 20.1. The van der Waals surface area contributed by atoms with Crippen LogP contribution >= 0.6 is 0 Å². The second kappa shape index (κ2) is 20.0. The van der Waals surface area contributed by atoms with E-state index in [4.69, 9.17) is 0 Å². The first-order valence-electron chi connectivity index (χ1n) is 31.2. The average Bonchev–Trinajstić information content (AvgIpc) is 4.34. The summed E-state index contributed by atoms with van der Waals surface area (Å²) in [7, 11) is 0. The molecule has 4 N–H and O–H groups in total. The number of carbonyl (C=O) groups is 4. The molecule has 16 rings (SSSR count). The van der Waals surface area contributed by atoms with Crippen LogP contribution < -0.4 is 0 Å². The molecule has 8 heteroatoms. The van der Waals surface area contributed by atoms with Gasteiger partial charge in [-0.15, -0.1) is 0 Å². The molecule has 8 nitrogen and oxygen atoms in total. The van der Waals surface area contributed by atoms with Crippen LogP contribution in [-0.4, -0.2) is 43.6 Å². The molecule has 0 saturated heterocycles. The topological polar surface area (TPSA) is 149 Å². The molecule has 0 radical (unpaired) electrons. The van der Waals surface area contributed by atoms with Gasteiger partial charge in [0.2, 0.25) is 0 Å². The predicted molar refractivity (Wildman–Crippen MR) is 311 cm³/mol. The number of fused-ring (bicyclic) bond motifs is 20. The molecule has 8 fully saturated rings. The van der Waals surface area contributed by atoms with Gasteiger partial charge in [-0.05, 0) is 256 Å². The summed E-state index contributed by atoms with van der Waals surface area (Å²) in [5.41, 5.74) is 13.6. The van der Waals surface area contributed by atoms with Gasteiger partial charge in [0.1, 0.15) is 46.1 Å². The molecule has 4 aromatic carbocycles. The molecule has 0 spiro atoms. The quantitative estimate of drug-likeness (QED) is 0.127. The van der Waals surface area contributed by atoms with Gasteiger partial charge in [-0.25, -0.2) is 0 Å². The molecular weight excluding hydrogens is 993 g/mol. The zero-order chi connectivity index (χ0) is 55.6. The summed E-state index contributed by atoms with van der Waals surface area (Å²) in [4.78, 5) is 49.0. The Hall–Kier alpha value is -5.76. The largest absolute Gasteiger partial charge is 0.508 e. The highest BCUT2D eigenvalue weighted by molar-refractivity contribution is 5.89. The lowest BCUT2D eigenvalue weighted by atomic mass is 9.55. The van der Waals surface area contributed by atoms with Crippen molar-refractivity contribution in [2.24, 2.45) is 57.2 Å². The average molecular weight is 1080 g/mol. The summed E-state index contributed by atoms with van der Waals surface area (Å²) in [6.07, 6.45) is 26.9. The van der Waals surface area contributed by atoms with Gasteiger partial charge in [-0.2, -0.15) is 0 Å². The van der Waals surface area contributed by atoms with Crippen LogP contribution in [0.2, 0.25) is 0 Å². The van der Waals surface area contributed by atoms with E-state index >= 15 is 0 Å². The Morgan fingerprint density at radius 3 is 1.10 bits per heavy atom. The van der Waals surface area contributed by atoms with Gasteiger partial charge in [0.25, 0.3) is 0 Å². The number of aryl methyl sites for hydroxylation is 2. The van der Waals surface area contributed by atoms with E-state index in [2.05, 4.69) is 64.1 Å². The summed E-state index contributed by atoms with van der Waals surface area (Å²) in [6.45, 7) is 8.79. The smallest absolute Gasteiger partial charge is 0.139 e. The molecule has 4 aromatic rings. The van der Waals surface area contributed by atoms with Gasteiger partial charge >= 0.3 is 0 Å². The van der Waals surface area contributed by atoms with E-state index in [-0.39, 0.29) is 21.7 Å². The van der Waals surface area contributed by atoms with Gasteiger partial charge in [-0.1, -0.05) is 75.3 Å². The van der Waals surface area contributed by atoms with Gasteiger partial charge in [0, 0.05) is 59.2 Å². The lowest BCUT2D eigenvalue weighted by molar-refractivity contribution is -0.130. The molecular formula is C72H84O8. The normalized spacial score (nSPS) is 37.0. The van der Waals surface area contributed by atoms with Crippen LogP contribution in [0.25, 0.3) is 0 Å². The number of carbonyl (C=O) groups excluding carboxylic acids is 4.